The maximum atomic E-state index is 4.72. The third-order valence-corrected chi connectivity index (χ3v) is 4.89. The van der Waals surface area contributed by atoms with Crippen molar-refractivity contribution in [3.05, 3.63) is 28.3 Å². The van der Waals surface area contributed by atoms with Gasteiger partial charge in [-0.25, -0.2) is 9.97 Å². The molecule has 2 aromatic rings. The van der Waals surface area contributed by atoms with Gasteiger partial charge in [-0.2, -0.15) is 0 Å². The monoisotopic (exact) mass is 289 g/mol. The van der Waals surface area contributed by atoms with Gasteiger partial charge in [0.25, 0.3) is 0 Å². The van der Waals surface area contributed by atoms with Gasteiger partial charge in [0.15, 0.2) is 5.82 Å². The van der Waals surface area contributed by atoms with Crippen molar-refractivity contribution >= 4 is 17.2 Å². The molecular formula is C16H23N3S. The third kappa shape index (κ3) is 2.85. The van der Waals surface area contributed by atoms with E-state index in [-0.39, 0.29) is 5.41 Å². The van der Waals surface area contributed by atoms with Crippen LogP contribution in [0.5, 0.6) is 0 Å². The first kappa shape index (κ1) is 15.0. The SMILES string of the molecule is CCc1nc(-c2ccc(C(C)(C)C)s2)nc(NC)c1C. The van der Waals surface area contributed by atoms with Crippen LogP contribution in [0, 0.1) is 6.92 Å². The number of hydrogen-bond donors (Lipinski definition) is 1. The maximum absolute atomic E-state index is 4.72. The standard InChI is InChI=1S/C16H23N3S/c1-7-11-10(2)14(17-6)19-15(18-11)12-8-9-13(20-12)16(3,4)5/h8-9H,7H2,1-6H3,(H,17,18,19). The number of hydrogen-bond acceptors (Lipinski definition) is 4. The second-order valence-corrected chi connectivity index (χ2v) is 7.07. The molecule has 0 radical (unpaired) electrons. The number of anilines is 1. The van der Waals surface area contributed by atoms with Crippen LogP contribution in [0.3, 0.4) is 0 Å². The lowest BCUT2D eigenvalue weighted by Gasteiger charge is -2.15. The molecule has 108 valence electrons. The molecular weight excluding hydrogens is 266 g/mol. The van der Waals surface area contributed by atoms with E-state index in [1.54, 1.807) is 11.3 Å². The summed E-state index contributed by atoms with van der Waals surface area (Å²) >= 11 is 1.78. The summed E-state index contributed by atoms with van der Waals surface area (Å²) < 4.78 is 0. The summed E-state index contributed by atoms with van der Waals surface area (Å²) in [6.45, 7) is 10.9. The number of rotatable bonds is 3. The number of nitrogens with one attached hydrogen (secondary N) is 1. The van der Waals surface area contributed by atoms with E-state index in [0.717, 1.165) is 34.2 Å². The van der Waals surface area contributed by atoms with Crippen molar-refractivity contribution < 1.29 is 0 Å². The van der Waals surface area contributed by atoms with Gasteiger partial charge in [-0.05, 0) is 30.9 Å². The smallest absolute Gasteiger partial charge is 0.171 e. The van der Waals surface area contributed by atoms with E-state index < -0.39 is 0 Å². The summed E-state index contributed by atoms with van der Waals surface area (Å²) in [5.74, 6) is 1.76. The fourth-order valence-corrected chi connectivity index (χ4v) is 3.12. The Morgan fingerprint density at radius 2 is 1.90 bits per heavy atom. The summed E-state index contributed by atoms with van der Waals surface area (Å²) in [7, 11) is 1.91. The van der Waals surface area contributed by atoms with Gasteiger partial charge in [0.05, 0.1) is 4.88 Å². The quantitative estimate of drug-likeness (QED) is 0.909. The van der Waals surface area contributed by atoms with E-state index in [2.05, 4.69) is 57.1 Å². The molecule has 0 saturated heterocycles. The molecule has 2 heterocycles. The van der Waals surface area contributed by atoms with Gasteiger partial charge in [-0.15, -0.1) is 11.3 Å². The molecule has 2 rings (SSSR count). The molecule has 0 saturated carbocycles. The Labute approximate surface area is 125 Å². The Morgan fingerprint density at radius 3 is 2.40 bits per heavy atom. The minimum Gasteiger partial charge on any atom is -0.373 e. The molecule has 0 aliphatic carbocycles. The second-order valence-electron chi connectivity index (χ2n) is 5.98. The van der Waals surface area contributed by atoms with E-state index >= 15 is 0 Å². The Morgan fingerprint density at radius 1 is 1.20 bits per heavy atom. The van der Waals surface area contributed by atoms with E-state index in [0.29, 0.717) is 0 Å². The van der Waals surface area contributed by atoms with E-state index in [4.69, 9.17) is 4.98 Å². The molecule has 0 atom stereocenters. The molecule has 3 nitrogen and oxygen atoms in total. The highest BCUT2D eigenvalue weighted by Crippen LogP contribution is 2.34. The molecule has 4 heteroatoms. The summed E-state index contributed by atoms with van der Waals surface area (Å²) in [5.41, 5.74) is 2.43. The zero-order chi connectivity index (χ0) is 14.9. The van der Waals surface area contributed by atoms with Crippen LogP contribution in [0.4, 0.5) is 5.82 Å². The highest BCUT2D eigenvalue weighted by Gasteiger charge is 2.18. The number of nitrogens with zero attached hydrogens (tertiary/aromatic N) is 2. The normalized spacial score (nSPS) is 11.7. The Bertz CT molecular complexity index is 583. The third-order valence-electron chi connectivity index (χ3n) is 3.38. The van der Waals surface area contributed by atoms with Crippen molar-refractivity contribution in [2.45, 2.75) is 46.5 Å². The van der Waals surface area contributed by atoms with E-state index in [9.17, 15) is 0 Å². The second kappa shape index (κ2) is 5.52. The Kier molecular flexibility index (Phi) is 4.14. The van der Waals surface area contributed by atoms with Crippen molar-refractivity contribution in [1.29, 1.82) is 0 Å². The summed E-state index contributed by atoms with van der Waals surface area (Å²) in [5, 5.41) is 3.17. The van der Waals surface area contributed by atoms with Gasteiger partial charge in [0.1, 0.15) is 5.82 Å². The van der Waals surface area contributed by atoms with Crippen molar-refractivity contribution in [3.8, 4) is 10.7 Å². The molecule has 0 aliphatic rings. The van der Waals surface area contributed by atoms with Crippen LogP contribution in [-0.2, 0) is 11.8 Å². The topological polar surface area (TPSA) is 37.8 Å². The van der Waals surface area contributed by atoms with Gasteiger partial charge < -0.3 is 5.32 Å². The lowest BCUT2D eigenvalue weighted by atomic mass is 9.95. The molecule has 0 aromatic carbocycles. The lowest BCUT2D eigenvalue weighted by Crippen LogP contribution is -2.07. The average molecular weight is 289 g/mol. The van der Waals surface area contributed by atoms with Crippen molar-refractivity contribution in [2.75, 3.05) is 12.4 Å². The highest BCUT2D eigenvalue weighted by molar-refractivity contribution is 7.15. The zero-order valence-electron chi connectivity index (χ0n) is 13.2. The van der Waals surface area contributed by atoms with Gasteiger partial charge in [0.2, 0.25) is 0 Å². The molecule has 0 unspecified atom stereocenters. The van der Waals surface area contributed by atoms with E-state index in [1.165, 1.54) is 4.88 Å². The van der Waals surface area contributed by atoms with Crippen LogP contribution >= 0.6 is 11.3 Å². The molecule has 20 heavy (non-hydrogen) atoms. The van der Waals surface area contributed by atoms with Crippen LogP contribution in [0.1, 0.15) is 43.8 Å². The average Bonchev–Trinajstić information content (AvgIpc) is 2.88. The van der Waals surface area contributed by atoms with Crippen LogP contribution in [0.15, 0.2) is 12.1 Å². The molecule has 0 bridgehead atoms. The first-order valence-electron chi connectivity index (χ1n) is 7.02. The van der Waals surface area contributed by atoms with Gasteiger partial charge in [0, 0.05) is 23.2 Å². The maximum Gasteiger partial charge on any atom is 0.171 e. The first-order valence-corrected chi connectivity index (χ1v) is 7.84. The molecule has 0 spiro atoms. The molecule has 0 aliphatic heterocycles. The van der Waals surface area contributed by atoms with E-state index in [1.807, 2.05) is 7.05 Å². The van der Waals surface area contributed by atoms with Gasteiger partial charge in [-0.3, -0.25) is 0 Å². The van der Waals surface area contributed by atoms with Crippen molar-refractivity contribution in [1.82, 2.24) is 9.97 Å². The fraction of sp³-hybridized carbons (Fsp3) is 0.500. The highest BCUT2D eigenvalue weighted by atomic mass is 32.1. The fourth-order valence-electron chi connectivity index (χ4n) is 2.12. The van der Waals surface area contributed by atoms with Gasteiger partial charge >= 0.3 is 0 Å². The van der Waals surface area contributed by atoms with Crippen LogP contribution in [0.2, 0.25) is 0 Å². The number of aromatic nitrogens is 2. The number of aryl methyl sites for hydroxylation is 1. The van der Waals surface area contributed by atoms with Gasteiger partial charge in [-0.1, -0.05) is 27.7 Å². The lowest BCUT2D eigenvalue weighted by molar-refractivity contribution is 0.604. The van der Waals surface area contributed by atoms with Crippen LogP contribution < -0.4 is 5.32 Å². The minimum absolute atomic E-state index is 0.174. The predicted molar refractivity (Wildman–Crippen MR) is 87.7 cm³/mol. The number of thiophene rings is 1. The molecule has 2 aromatic heterocycles. The Hall–Kier alpha value is -1.42. The first-order chi connectivity index (χ1) is 9.36. The molecule has 0 amide bonds. The van der Waals surface area contributed by atoms with Crippen LogP contribution in [-0.4, -0.2) is 17.0 Å². The zero-order valence-corrected chi connectivity index (χ0v) is 14.0. The van der Waals surface area contributed by atoms with Crippen molar-refractivity contribution in [3.63, 3.8) is 0 Å². The predicted octanol–water partition coefficient (Wildman–Crippen LogP) is 4.42. The summed E-state index contributed by atoms with van der Waals surface area (Å²) in [6.07, 6.45) is 0.924. The van der Waals surface area contributed by atoms with Crippen molar-refractivity contribution in [2.24, 2.45) is 0 Å². The molecule has 1 N–H and O–H groups in total. The largest absolute Gasteiger partial charge is 0.373 e. The Balaban J connectivity index is 2.50. The minimum atomic E-state index is 0.174. The summed E-state index contributed by atoms with van der Waals surface area (Å²) in [6, 6.07) is 4.32. The summed E-state index contributed by atoms with van der Waals surface area (Å²) in [4.78, 5) is 11.9. The van der Waals surface area contributed by atoms with Crippen LogP contribution in [0.25, 0.3) is 10.7 Å². The molecule has 0 fully saturated rings.